The minimum Gasteiger partial charge on any atom is -0.467 e. The number of hydrogen-bond acceptors (Lipinski definition) is 7. The third-order valence-corrected chi connectivity index (χ3v) is 6.57. The van der Waals surface area contributed by atoms with Gasteiger partial charge in [0.1, 0.15) is 11.6 Å². The van der Waals surface area contributed by atoms with E-state index in [1.807, 2.05) is 4.57 Å². The Bertz CT molecular complexity index is 1100. The molecule has 0 radical (unpaired) electrons. The molecule has 2 N–H and O–H groups in total. The monoisotopic (exact) mass is 486 g/mol. The van der Waals surface area contributed by atoms with Gasteiger partial charge in [0.2, 0.25) is 5.91 Å². The molecule has 1 saturated heterocycles. The second-order valence-corrected chi connectivity index (χ2v) is 8.97. The number of imide groups is 1. The van der Waals surface area contributed by atoms with Crippen LogP contribution in [-0.2, 0) is 11.3 Å². The molecular weight excluding hydrogens is 459 g/mol. The lowest BCUT2D eigenvalue weighted by Gasteiger charge is -2.31. The zero-order chi connectivity index (χ0) is 23.9. The summed E-state index contributed by atoms with van der Waals surface area (Å²) >= 11 is 1.16. The summed E-state index contributed by atoms with van der Waals surface area (Å²) < 4.78 is 20.6. The number of nitrogens with one attached hydrogen (secondary N) is 2. The first-order valence-electron chi connectivity index (χ1n) is 11.2. The molecule has 1 fully saturated rings. The van der Waals surface area contributed by atoms with Gasteiger partial charge in [0.25, 0.3) is 0 Å². The molecule has 1 unspecified atom stereocenters. The SMILES string of the molecule is CC(c1nnc(SCC(=O)NC(=O)NCc2ccco2)n1-c1ccc(F)cc1)N1CCCCC1. The Balaban J connectivity index is 1.44. The first-order chi connectivity index (χ1) is 16.5. The molecule has 2 aromatic heterocycles. The minimum absolute atomic E-state index is 0.00779. The van der Waals surface area contributed by atoms with E-state index in [0.29, 0.717) is 16.6 Å². The zero-order valence-corrected chi connectivity index (χ0v) is 19.7. The van der Waals surface area contributed by atoms with Crippen molar-refractivity contribution in [3.63, 3.8) is 0 Å². The Morgan fingerprint density at radius 1 is 1.15 bits per heavy atom. The minimum atomic E-state index is -0.610. The van der Waals surface area contributed by atoms with Crippen LogP contribution in [0.4, 0.5) is 9.18 Å². The number of furan rings is 1. The van der Waals surface area contributed by atoms with Crippen LogP contribution in [-0.4, -0.2) is 50.4 Å². The van der Waals surface area contributed by atoms with Crippen LogP contribution in [0.3, 0.4) is 0 Å². The number of halogens is 1. The number of hydrogen-bond donors (Lipinski definition) is 2. The van der Waals surface area contributed by atoms with E-state index in [1.165, 1.54) is 24.8 Å². The first kappa shape index (κ1) is 24.0. The third-order valence-electron chi connectivity index (χ3n) is 5.64. The van der Waals surface area contributed by atoms with Gasteiger partial charge in [-0.2, -0.15) is 0 Å². The molecule has 3 amide bonds. The molecule has 0 bridgehead atoms. The molecule has 4 rings (SSSR count). The summed E-state index contributed by atoms with van der Waals surface area (Å²) in [5, 5.41) is 14.1. The van der Waals surface area contributed by atoms with Crippen molar-refractivity contribution in [3.05, 3.63) is 60.1 Å². The average Bonchev–Trinajstić information content (AvgIpc) is 3.52. The number of rotatable bonds is 8. The highest BCUT2D eigenvalue weighted by atomic mass is 32.2. The van der Waals surface area contributed by atoms with Gasteiger partial charge in [-0.3, -0.25) is 19.6 Å². The van der Waals surface area contributed by atoms with Crippen molar-refractivity contribution in [2.24, 2.45) is 0 Å². The van der Waals surface area contributed by atoms with Crippen molar-refractivity contribution < 1.29 is 18.4 Å². The topological polar surface area (TPSA) is 105 Å². The Kier molecular flexibility index (Phi) is 7.96. The summed E-state index contributed by atoms with van der Waals surface area (Å²) in [6, 6.07) is 8.94. The molecule has 1 atom stereocenters. The lowest BCUT2D eigenvalue weighted by molar-refractivity contribution is -0.117. The third kappa shape index (κ3) is 6.03. The molecule has 180 valence electrons. The van der Waals surface area contributed by atoms with Gasteiger partial charge in [0.15, 0.2) is 11.0 Å². The van der Waals surface area contributed by atoms with Crippen molar-refractivity contribution in [1.82, 2.24) is 30.3 Å². The second-order valence-electron chi connectivity index (χ2n) is 8.02. The summed E-state index contributed by atoms with van der Waals surface area (Å²) in [7, 11) is 0. The number of carbonyl (C=O) groups is 2. The maximum Gasteiger partial charge on any atom is 0.321 e. The Labute approximate surface area is 201 Å². The molecular formula is C23H27FN6O3S. The summed E-state index contributed by atoms with van der Waals surface area (Å²) in [5.74, 6) is 0.469. The van der Waals surface area contributed by atoms with E-state index in [4.69, 9.17) is 4.42 Å². The molecule has 3 aromatic rings. The zero-order valence-electron chi connectivity index (χ0n) is 18.9. The van der Waals surface area contributed by atoms with Crippen LogP contribution in [0.1, 0.15) is 43.8 Å². The van der Waals surface area contributed by atoms with Gasteiger partial charge in [-0.15, -0.1) is 10.2 Å². The number of aromatic nitrogens is 3. The maximum absolute atomic E-state index is 13.6. The molecule has 34 heavy (non-hydrogen) atoms. The van der Waals surface area contributed by atoms with Crippen LogP contribution >= 0.6 is 11.8 Å². The molecule has 11 heteroatoms. The van der Waals surface area contributed by atoms with Gasteiger partial charge in [0, 0.05) is 5.69 Å². The Morgan fingerprint density at radius 3 is 2.62 bits per heavy atom. The standard InChI is InChI=1S/C23H27FN6O3S/c1-16(29-11-3-2-4-12-29)21-27-28-23(30(21)18-9-7-17(24)8-10-18)34-15-20(31)26-22(32)25-14-19-6-5-13-33-19/h5-10,13,16H,2-4,11-12,14-15H2,1H3,(H2,25,26,31,32). The summed E-state index contributed by atoms with van der Waals surface area (Å²) in [4.78, 5) is 26.7. The lowest BCUT2D eigenvalue weighted by atomic mass is 10.1. The summed E-state index contributed by atoms with van der Waals surface area (Å²) in [6.45, 7) is 4.22. The fourth-order valence-electron chi connectivity index (χ4n) is 3.86. The van der Waals surface area contributed by atoms with E-state index >= 15 is 0 Å². The second kappa shape index (κ2) is 11.3. The lowest BCUT2D eigenvalue weighted by Crippen LogP contribution is -2.39. The van der Waals surface area contributed by atoms with Crippen molar-refractivity contribution in [2.75, 3.05) is 18.8 Å². The number of nitrogens with zero attached hydrogens (tertiary/aromatic N) is 4. The molecule has 9 nitrogen and oxygen atoms in total. The number of amides is 3. The number of likely N-dealkylation sites (tertiary alicyclic amines) is 1. The highest BCUT2D eigenvalue weighted by Crippen LogP contribution is 2.29. The van der Waals surface area contributed by atoms with Gasteiger partial charge in [-0.1, -0.05) is 18.2 Å². The van der Waals surface area contributed by atoms with Crippen LogP contribution in [0.25, 0.3) is 5.69 Å². The van der Waals surface area contributed by atoms with Crippen molar-refractivity contribution in [3.8, 4) is 5.69 Å². The van der Waals surface area contributed by atoms with Crippen LogP contribution in [0, 0.1) is 5.82 Å². The highest BCUT2D eigenvalue weighted by molar-refractivity contribution is 7.99. The molecule has 0 spiro atoms. The Hall–Kier alpha value is -3.18. The largest absolute Gasteiger partial charge is 0.467 e. The summed E-state index contributed by atoms with van der Waals surface area (Å²) in [6.07, 6.45) is 5.01. The van der Waals surface area contributed by atoms with Crippen LogP contribution in [0.15, 0.2) is 52.2 Å². The predicted molar refractivity (Wildman–Crippen MR) is 125 cm³/mol. The van der Waals surface area contributed by atoms with E-state index in [9.17, 15) is 14.0 Å². The normalized spacial score (nSPS) is 15.1. The average molecular weight is 487 g/mol. The molecule has 1 aromatic carbocycles. The molecule has 3 heterocycles. The quantitative estimate of drug-likeness (QED) is 0.468. The van der Waals surface area contributed by atoms with E-state index in [-0.39, 0.29) is 24.2 Å². The van der Waals surface area contributed by atoms with E-state index in [1.54, 1.807) is 24.3 Å². The number of urea groups is 1. The number of thioether (sulfide) groups is 1. The van der Waals surface area contributed by atoms with E-state index in [2.05, 4.69) is 32.7 Å². The van der Waals surface area contributed by atoms with Gasteiger partial charge in [-0.25, -0.2) is 9.18 Å². The van der Waals surface area contributed by atoms with Gasteiger partial charge in [0.05, 0.1) is 24.6 Å². The Morgan fingerprint density at radius 2 is 1.91 bits per heavy atom. The van der Waals surface area contributed by atoms with Crippen LogP contribution < -0.4 is 10.6 Å². The predicted octanol–water partition coefficient (Wildman–Crippen LogP) is 3.66. The van der Waals surface area contributed by atoms with Crippen molar-refractivity contribution in [1.29, 1.82) is 0 Å². The fraction of sp³-hybridized carbons (Fsp3) is 0.391. The van der Waals surface area contributed by atoms with Gasteiger partial charge >= 0.3 is 6.03 Å². The first-order valence-corrected chi connectivity index (χ1v) is 12.2. The van der Waals surface area contributed by atoms with Gasteiger partial charge in [-0.05, 0) is 69.3 Å². The molecule has 0 saturated carbocycles. The summed E-state index contributed by atoms with van der Waals surface area (Å²) in [5.41, 5.74) is 0.712. The fourth-order valence-corrected chi connectivity index (χ4v) is 4.62. The molecule has 0 aliphatic carbocycles. The van der Waals surface area contributed by atoms with Crippen molar-refractivity contribution in [2.45, 2.75) is 43.9 Å². The number of benzene rings is 1. The van der Waals surface area contributed by atoms with E-state index < -0.39 is 11.9 Å². The number of carbonyl (C=O) groups excluding carboxylic acids is 2. The molecule has 1 aliphatic heterocycles. The highest BCUT2D eigenvalue weighted by Gasteiger charge is 2.26. The van der Waals surface area contributed by atoms with Crippen LogP contribution in [0.5, 0.6) is 0 Å². The number of piperidine rings is 1. The smallest absolute Gasteiger partial charge is 0.321 e. The van der Waals surface area contributed by atoms with E-state index in [0.717, 1.165) is 43.5 Å². The van der Waals surface area contributed by atoms with Crippen LogP contribution in [0.2, 0.25) is 0 Å². The van der Waals surface area contributed by atoms with Crippen molar-refractivity contribution >= 4 is 23.7 Å². The maximum atomic E-state index is 13.6. The van der Waals surface area contributed by atoms with Gasteiger partial charge < -0.3 is 9.73 Å². The molecule has 1 aliphatic rings.